The molecule has 0 spiro atoms. The largest absolute Gasteiger partial charge is 0.493 e. The predicted octanol–water partition coefficient (Wildman–Crippen LogP) is 4.75. The van der Waals surface area contributed by atoms with Gasteiger partial charge in [-0.2, -0.15) is 0 Å². The lowest BCUT2D eigenvalue weighted by atomic mass is 10.1. The van der Waals surface area contributed by atoms with Crippen LogP contribution in [0.1, 0.15) is 51.0 Å². The summed E-state index contributed by atoms with van der Waals surface area (Å²) in [7, 11) is 3.14. The highest BCUT2D eigenvalue weighted by Crippen LogP contribution is 2.27. The van der Waals surface area contributed by atoms with Gasteiger partial charge in [0.15, 0.2) is 17.3 Å². The van der Waals surface area contributed by atoms with E-state index in [1.54, 1.807) is 39.4 Å². The SMILES string of the molecule is C=C(C)C(=O)CCCCCCCOC(=O)/C=C/c1ccc(OC)c(OC)c1. The molecule has 0 bridgehead atoms. The van der Waals surface area contributed by atoms with Crippen LogP contribution in [0.15, 0.2) is 36.4 Å². The molecule has 27 heavy (non-hydrogen) atoms. The molecule has 1 rings (SSSR count). The smallest absolute Gasteiger partial charge is 0.330 e. The van der Waals surface area contributed by atoms with Crippen molar-refractivity contribution in [2.75, 3.05) is 20.8 Å². The third kappa shape index (κ3) is 9.08. The summed E-state index contributed by atoms with van der Waals surface area (Å²) < 4.78 is 15.6. The molecule has 0 unspecified atom stereocenters. The second kappa shape index (κ2) is 12.7. The van der Waals surface area contributed by atoms with E-state index in [0.29, 0.717) is 30.1 Å². The van der Waals surface area contributed by atoms with E-state index in [-0.39, 0.29) is 11.8 Å². The van der Waals surface area contributed by atoms with Gasteiger partial charge in [0, 0.05) is 12.5 Å². The number of benzene rings is 1. The fourth-order valence-corrected chi connectivity index (χ4v) is 2.47. The Balaban J connectivity index is 2.19. The van der Waals surface area contributed by atoms with Crippen molar-refractivity contribution in [3.05, 3.63) is 42.0 Å². The molecule has 0 radical (unpaired) electrons. The second-order valence-electron chi connectivity index (χ2n) is 6.34. The number of ketones is 1. The van der Waals surface area contributed by atoms with Crippen molar-refractivity contribution < 1.29 is 23.8 Å². The molecule has 0 fully saturated rings. The van der Waals surface area contributed by atoms with Crippen LogP contribution in [0.2, 0.25) is 0 Å². The summed E-state index contributed by atoms with van der Waals surface area (Å²) in [6.07, 6.45) is 8.39. The Labute approximate surface area is 162 Å². The first-order valence-electron chi connectivity index (χ1n) is 9.23. The predicted molar refractivity (Wildman–Crippen MR) is 107 cm³/mol. The molecular formula is C22H30O5. The van der Waals surface area contributed by atoms with E-state index in [1.807, 2.05) is 6.07 Å². The molecule has 0 aliphatic heterocycles. The molecule has 0 amide bonds. The van der Waals surface area contributed by atoms with Gasteiger partial charge in [-0.25, -0.2) is 4.79 Å². The van der Waals surface area contributed by atoms with Crippen LogP contribution in [0.5, 0.6) is 11.5 Å². The number of carbonyl (C=O) groups excluding carboxylic acids is 2. The van der Waals surface area contributed by atoms with E-state index in [2.05, 4.69) is 6.58 Å². The molecule has 5 nitrogen and oxygen atoms in total. The Hall–Kier alpha value is -2.56. The fraction of sp³-hybridized carbons (Fsp3) is 0.455. The number of methoxy groups -OCH3 is 2. The Bertz CT molecular complexity index is 661. The molecule has 0 aromatic heterocycles. The molecule has 1 aromatic rings. The minimum atomic E-state index is -0.364. The molecule has 0 N–H and O–H groups in total. The van der Waals surface area contributed by atoms with E-state index >= 15 is 0 Å². The minimum absolute atomic E-state index is 0.144. The molecule has 0 saturated carbocycles. The molecule has 0 saturated heterocycles. The van der Waals surface area contributed by atoms with Crippen molar-refractivity contribution in [2.45, 2.75) is 45.4 Å². The Kier molecular flexibility index (Phi) is 10.6. The van der Waals surface area contributed by atoms with E-state index in [0.717, 1.165) is 37.7 Å². The normalized spacial score (nSPS) is 10.6. The minimum Gasteiger partial charge on any atom is -0.493 e. The van der Waals surface area contributed by atoms with Crippen LogP contribution in [0.3, 0.4) is 0 Å². The maximum atomic E-state index is 11.8. The average molecular weight is 374 g/mol. The molecular weight excluding hydrogens is 344 g/mol. The van der Waals surface area contributed by atoms with Crippen LogP contribution >= 0.6 is 0 Å². The first-order valence-corrected chi connectivity index (χ1v) is 9.23. The summed E-state index contributed by atoms with van der Waals surface area (Å²) in [5.74, 6) is 1.03. The van der Waals surface area contributed by atoms with Crippen LogP contribution < -0.4 is 9.47 Å². The van der Waals surface area contributed by atoms with Crippen LogP contribution in [0.25, 0.3) is 6.08 Å². The summed E-state index contributed by atoms with van der Waals surface area (Å²) in [5.41, 5.74) is 1.46. The molecule has 148 valence electrons. The van der Waals surface area contributed by atoms with E-state index in [9.17, 15) is 9.59 Å². The van der Waals surface area contributed by atoms with Gasteiger partial charge in [-0.15, -0.1) is 0 Å². The van der Waals surface area contributed by atoms with Crippen molar-refractivity contribution in [1.82, 2.24) is 0 Å². The van der Waals surface area contributed by atoms with Gasteiger partial charge in [0.1, 0.15) is 0 Å². The van der Waals surface area contributed by atoms with Gasteiger partial charge in [0.05, 0.1) is 20.8 Å². The summed E-state index contributed by atoms with van der Waals surface area (Å²) in [6.45, 7) is 5.80. The van der Waals surface area contributed by atoms with Gasteiger partial charge in [-0.05, 0) is 49.1 Å². The van der Waals surface area contributed by atoms with Crippen molar-refractivity contribution in [3.8, 4) is 11.5 Å². The molecule has 5 heteroatoms. The number of esters is 1. The van der Waals surface area contributed by atoms with Gasteiger partial charge in [-0.1, -0.05) is 31.9 Å². The fourth-order valence-electron chi connectivity index (χ4n) is 2.47. The quantitative estimate of drug-likeness (QED) is 0.283. The lowest BCUT2D eigenvalue weighted by molar-refractivity contribution is -0.137. The van der Waals surface area contributed by atoms with Crippen molar-refractivity contribution in [1.29, 1.82) is 0 Å². The van der Waals surface area contributed by atoms with Crippen LogP contribution in [0.4, 0.5) is 0 Å². The maximum absolute atomic E-state index is 11.8. The zero-order valence-electron chi connectivity index (χ0n) is 16.6. The highest BCUT2D eigenvalue weighted by atomic mass is 16.5. The van der Waals surface area contributed by atoms with E-state index < -0.39 is 0 Å². The van der Waals surface area contributed by atoms with Crippen molar-refractivity contribution >= 4 is 17.8 Å². The summed E-state index contributed by atoms with van der Waals surface area (Å²) in [4.78, 5) is 23.2. The number of carbonyl (C=O) groups is 2. The van der Waals surface area contributed by atoms with Crippen LogP contribution in [0, 0.1) is 0 Å². The molecule has 0 aliphatic carbocycles. The number of allylic oxidation sites excluding steroid dienone is 1. The highest BCUT2D eigenvalue weighted by molar-refractivity contribution is 5.94. The second-order valence-corrected chi connectivity index (χ2v) is 6.34. The first kappa shape index (κ1) is 22.5. The molecule has 0 atom stereocenters. The lowest BCUT2D eigenvalue weighted by Crippen LogP contribution is -2.02. The van der Waals surface area contributed by atoms with Gasteiger partial charge >= 0.3 is 5.97 Å². The number of hydrogen-bond donors (Lipinski definition) is 0. The number of hydrogen-bond acceptors (Lipinski definition) is 5. The standard InChI is InChI=1S/C22H30O5/c1-17(2)19(23)10-8-6-5-7-9-15-27-22(24)14-12-18-11-13-20(25-3)21(16-18)26-4/h11-14,16H,1,5-10,15H2,2-4H3/b14-12+. The van der Waals surface area contributed by atoms with Gasteiger partial charge in [-0.3, -0.25) is 4.79 Å². The average Bonchev–Trinajstić information content (AvgIpc) is 2.67. The number of rotatable bonds is 13. The summed E-state index contributed by atoms with van der Waals surface area (Å²) >= 11 is 0. The highest BCUT2D eigenvalue weighted by Gasteiger charge is 2.04. The topological polar surface area (TPSA) is 61.8 Å². The lowest BCUT2D eigenvalue weighted by Gasteiger charge is -2.07. The summed E-state index contributed by atoms with van der Waals surface area (Å²) in [5, 5.41) is 0. The number of ether oxygens (including phenoxy) is 3. The van der Waals surface area contributed by atoms with Crippen molar-refractivity contribution in [2.24, 2.45) is 0 Å². The zero-order chi connectivity index (χ0) is 20.1. The summed E-state index contributed by atoms with van der Waals surface area (Å²) in [6, 6.07) is 5.42. The molecule has 1 aromatic carbocycles. The van der Waals surface area contributed by atoms with E-state index in [1.165, 1.54) is 6.08 Å². The van der Waals surface area contributed by atoms with Crippen molar-refractivity contribution in [3.63, 3.8) is 0 Å². The van der Waals surface area contributed by atoms with Crippen LogP contribution in [-0.2, 0) is 14.3 Å². The molecule has 0 aliphatic rings. The van der Waals surface area contributed by atoms with Gasteiger partial charge in [0.25, 0.3) is 0 Å². The number of Topliss-reactive ketones (excluding diaryl/α,β-unsaturated/α-hetero) is 1. The third-order valence-electron chi connectivity index (χ3n) is 4.09. The van der Waals surface area contributed by atoms with E-state index in [4.69, 9.17) is 14.2 Å². The van der Waals surface area contributed by atoms with Crippen LogP contribution in [-0.4, -0.2) is 32.6 Å². The third-order valence-corrected chi connectivity index (χ3v) is 4.09. The zero-order valence-corrected chi connectivity index (χ0v) is 16.6. The monoisotopic (exact) mass is 374 g/mol. The van der Waals surface area contributed by atoms with Gasteiger partial charge < -0.3 is 14.2 Å². The number of unbranched alkanes of at least 4 members (excludes halogenated alkanes) is 4. The Morgan fingerprint density at radius 1 is 1.00 bits per heavy atom. The maximum Gasteiger partial charge on any atom is 0.330 e. The van der Waals surface area contributed by atoms with Gasteiger partial charge in [0.2, 0.25) is 0 Å². The molecule has 0 heterocycles. The first-order chi connectivity index (χ1) is 13.0. The Morgan fingerprint density at radius 3 is 2.33 bits per heavy atom. The Morgan fingerprint density at radius 2 is 1.67 bits per heavy atom.